The molecule has 2 heteroatoms. The maximum atomic E-state index is 12.9. The number of benzene rings is 1. The fourth-order valence-corrected chi connectivity index (χ4v) is 1.25. The molecule has 1 aromatic carbocycles. The molecule has 0 saturated carbocycles. The van der Waals surface area contributed by atoms with Crippen LogP contribution in [-0.4, -0.2) is 6.54 Å². The molecule has 1 aromatic rings. The second kappa shape index (κ2) is 4.06. The van der Waals surface area contributed by atoms with E-state index in [0.29, 0.717) is 6.54 Å². The van der Waals surface area contributed by atoms with Crippen LogP contribution in [0.4, 0.5) is 4.39 Å². The highest BCUT2D eigenvalue weighted by atomic mass is 19.1. The molecule has 68 valence electrons. The quantitative estimate of drug-likeness (QED) is 0.600. The highest BCUT2D eigenvalue weighted by Crippen LogP contribution is 2.14. The van der Waals surface area contributed by atoms with E-state index in [1.165, 1.54) is 12.1 Å². The average molecular weight is 177 g/mol. The maximum Gasteiger partial charge on any atom is 0.123 e. The second-order valence-corrected chi connectivity index (χ2v) is 2.92. The Balaban J connectivity index is 3.21. The minimum absolute atomic E-state index is 0.215. The van der Waals surface area contributed by atoms with E-state index in [1.807, 2.05) is 13.8 Å². The number of nitrogens with two attached hydrogens (primary N) is 1. The van der Waals surface area contributed by atoms with Crippen LogP contribution in [0.5, 0.6) is 0 Å². The summed E-state index contributed by atoms with van der Waals surface area (Å²) in [5.41, 5.74) is 7.86. The van der Waals surface area contributed by atoms with E-state index in [0.717, 1.165) is 16.7 Å². The summed E-state index contributed by atoms with van der Waals surface area (Å²) in [5, 5.41) is 0. The fourth-order valence-electron chi connectivity index (χ4n) is 1.25. The molecule has 2 N–H and O–H groups in total. The summed E-state index contributed by atoms with van der Waals surface area (Å²) in [6.07, 6.45) is 0. The molecule has 0 radical (unpaired) electrons. The lowest BCUT2D eigenvalue weighted by Crippen LogP contribution is -1.95. The Morgan fingerprint density at radius 1 is 1.31 bits per heavy atom. The van der Waals surface area contributed by atoms with Gasteiger partial charge in [0.1, 0.15) is 5.82 Å². The number of hydrogen-bond donors (Lipinski definition) is 1. The lowest BCUT2D eigenvalue weighted by molar-refractivity contribution is 0.625. The summed E-state index contributed by atoms with van der Waals surface area (Å²) in [7, 11) is 0. The van der Waals surface area contributed by atoms with Gasteiger partial charge in [-0.1, -0.05) is 11.8 Å². The van der Waals surface area contributed by atoms with Gasteiger partial charge in [-0.15, -0.1) is 0 Å². The third-order valence-corrected chi connectivity index (χ3v) is 1.81. The van der Waals surface area contributed by atoms with Gasteiger partial charge in [-0.05, 0) is 37.1 Å². The van der Waals surface area contributed by atoms with Crippen LogP contribution in [0.2, 0.25) is 0 Å². The SMILES string of the molecule is Cc1cc(F)cc(C)c1C#CCN. The summed E-state index contributed by atoms with van der Waals surface area (Å²) in [6.45, 7) is 4.02. The summed E-state index contributed by atoms with van der Waals surface area (Å²) in [6, 6.07) is 2.96. The Bertz CT molecular complexity index is 348. The second-order valence-electron chi connectivity index (χ2n) is 2.92. The van der Waals surface area contributed by atoms with E-state index < -0.39 is 0 Å². The van der Waals surface area contributed by atoms with Crippen molar-refractivity contribution in [1.82, 2.24) is 0 Å². The topological polar surface area (TPSA) is 26.0 Å². The van der Waals surface area contributed by atoms with Gasteiger partial charge in [-0.3, -0.25) is 0 Å². The molecular weight excluding hydrogens is 165 g/mol. The molecule has 0 bridgehead atoms. The van der Waals surface area contributed by atoms with E-state index >= 15 is 0 Å². The molecule has 0 atom stereocenters. The predicted octanol–water partition coefficient (Wildman–Crippen LogP) is 1.75. The Morgan fingerprint density at radius 3 is 2.31 bits per heavy atom. The molecule has 0 fully saturated rings. The zero-order chi connectivity index (χ0) is 9.84. The van der Waals surface area contributed by atoms with Crippen LogP contribution in [0, 0.1) is 31.5 Å². The first-order valence-corrected chi connectivity index (χ1v) is 4.11. The van der Waals surface area contributed by atoms with Gasteiger partial charge < -0.3 is 5.73 Å². The summed E-state index contributed by atoms with van der Waals surface area (Å²) < 4.78 is 12.9. The first kappa shape index (κ1) is 9.76. The van der Waals surface area contributed by atoms with Gasteiger partial charge in [-0.2, -0.15) is 0 Å². The van der Waals surface area contributed by atoms with Gasteiger partial charge in [-0.25, -0.2) is 4.39 Å². The van der Waals surface area contributed by atoms with E-state index in [1.54, 1.807) is 0 Å². The van der Waals surface area contributed by atoms with Gasteiger partial charge in [0, 0.05) is 5.56 Å². The highest BCUT2D eigenvalue weighted by molar-refractivity contribution is 5.46. The first-order chi connectivity index (χ1) is 6.15. The van der Waals surface area contributed by atoms with Crippen LogP contribution in [0.1, 0.15) is 16.7 Å². The molecule has 0 amide bonds. The minimum atomic E-state index is -0.215. The maximum absolute atomic E-state index is 12.9. The molecule has 0 aliphatic heterocycles. The van der Waals surface area contributed by atoms with Crippen LogP contribution in [0.3, 0.4) is 0 Å². The molecule has 0 saturated heterocycles. The molecule has 1 rings (SSSR count). The largest absolute Gasteiger partial charge is 0.320 e. The summed E-state index contributed by atoms with van der Waals surface area (Å²) in [5.74, 6) is 5.47. The van der Waals surface area contributed by atoms with Crippen molar-refractivity contribution in [2.75, 3.05) is 6.54 Å². The van der Waals surface area contributed by atoms with Crippen molar-refractivity contribution in [2.45, 2.75) is 13.8 Å². The first-order valence-electron chi connectivity index (χ1n) is 4.11. The molecule has 0 spiro atoms. The Labute approximate surface area is 77.8 Å². The normalized spacial score (nSPS) is 9.23. The van der Waals surface area contributed by atoms with Crippen molar-refractivity contribution in [2.24, 2.45) is 5.73 Å². The molecule has 0 aliphatic carbocycles. The van der Waals surface area contributed by atoms with Crippen LogP contribution in [0.15, 0.2) is 12.1 Å². The zero-order valence-electron chi connectivity index (χ0n) is 7.82. The van der Waals surface area contributed by atoms with Gasteiger partial charge in [0.2, 0.25) is 0 Å². The van der Waals surface area contributed by atoms with Gasteiger partial charge in [0.25, 0.3) is 0 Å². The number of rotatable bonds is 0. The monoisotopic (exact) mass is 177 g/mol. The molecule has 0 heterocycles. The van der Waals surface area contributed by atoms with Crippen molar-refractivity contribution < 1.29 is 4.39 Å². The van der Waals surface area contributed by atoms with Crippen molar-refractivity contribution in [3.63, 3.8) is 0 Å². The van der Waals surface area contributed by atoms with Gasteiger partial charge >= 0.3 is 0 Å². The van der Waals surface area contributed by atoms with Crippen molar-refractivity contribution in [3.8, 4) is 11.8 Å². The van der Waals surface area contributed by atoms with E-state index in [-0.39, 0.29) is 5.82 Å². The Morgan fingerprint density at radius 2 is 1.85 bits per heavy atom. The average Bonchev–Trinajstić information content (AvgIpc) is 2.02. The van der Waals surface area contributed by atoms with Crippen LogP contribution in [-0.2, 0) is 0 Å². The van der Waals surface area contributed by atoms with Crippen molar-refractivity contribution in [3.05, 3.63) is 34.6 Å². The smallest absolute Gasteiger partial charge is 0.123 e. The van der Waals surface area contributed by atoms with Crippen LogP contribution >= 0.6 is 0 Å². The fraction of sp³-hybridized carbons (Fsp3) is 0.273. The van der Waals surface area contributed by atoms with E-state index in [4.69, 9.17) is 5.73 Å². The number of hydrogen-bond acceptors (Lipinski definition) is 1. The molecule has 13 heavy (non-hydrogen) atoms. The molecule has 0 aromatic heterocycles. The Kier molecular flexibility index (Phi) is 3.05. The molecular formula is C11H12FN. The molecule has 0 unspecified atom stereocenters. The highest BCUT2D eigenvalue weighted by Gasteiger charge is 2.01. The lowest BCUT2D eigenvalue weighted by Gasteiger charge is -2.02. The van der Waals surface area contributed by atoms with E-state index in [9.17, 15) is 4.39 Å². The third kappa shape index (κ3) is 2.30. The third-order valence-electron chi connectivity index (χ3n) is 1.81. The minimum Gasteiger partial charge on any atom is -0.320 e. The predicted molar refractivity (Wildman–Crippen MR) is 51.8 cm³/mol. The Hall–Kier alpha value is -1.33. The van der Waals surface area contributed by atoms with Crippen LogP contribution < -0.4 is 5.73 Å². The number of aryl methyl sites for hydroxylation is 2. The van der Waals surface area contributed by atoms with Gasteiger partial charge in [0.15, 0.2) is 0 Å². The standard InChI is InChI=1S/C11H12FN/c1-8-6-10(12)7-9(2)11(8)4-3-5-13/h6-7H,5,13H2,1-2H3. The summed E-state index contributed by atoms with van der Waals surface area (Å²) >= 11 is 0. The van der Waals surface area contributed by atoms with Gasteiger partial charge in [0.05, 0.1) is 6.54 Å². The van der Waals surface area contributed by atoms with Crippen molar-refractivity contribution >= 4 is 0 Å². The summed E-state index contributed by atoms with van der Waals surface area (Å²) in [4.78, 5) is 0. The molecule has 0 aliphatic rings. The van der Waals surface area contributed by atoms with Crippen molar-refractivity contribution in [1.29, 1.82) is 0 Å². The molecule has 1 nitrogen and oxygen atoms in total. The lowest BCUT2D eigenvalue weighted by atomic mass is 10.0. The zero-order valence-corrected chi connectivity index (χ0v) is 7.82. The van der Waals surface area contributed by atoms with Crippen LogP contribution in [0.25, 0.3) is 0 Å². The number of halogens is 1. The van der Waals surface area contributed by atoms with E-state index in [2.05, 4.69) is 11.8 Å².